The molecule has 0 unspecified atom stereocenters. The van der Waals surface area contributed by atoms with Gasteiger partial charge in [-0.1, -0.05) is 34.8 Å². The zero-order chi connectivity index (χ0) is 15.6. The SMILES string of the molecule is Cc1nc(C(=O)Oc2c(Cl)cc(Cl)cc2Cl)ccc1C#N. The lowest BCUT2D eigenvalue weighted by Gasteiger charge is -2.08. The highest BCUT2D eigenvalue weighted by Crippen LogP contribution is 2.36. The largest absolute Gasteiger partial charge is 0.419 e. The summed E-state index contributed by atoms with van der Waals surface area (Å²) in [5.41, 5.74) is 0.864. The average Bonchev–Trinajstić information content (AvgIpc) is 2.42. The zero-order valence-electron chi connectivity index (χ0n) is 10.7. The van der Waals surface area contributed by atoms with E-state index in [1.54, 1.807) is 6.92 Å². The number of carbonyl (C=O) groups excluding carboxylic acids is 1. The van der Waals surface area contributed by atoms with Gasteiger partial charge in [0.15, 0.2) is 5.75 Å². The Morgan fingerprint density at radius 1 is 1.24 bits per heavy atom. The molecule has 0 amide bonds. The number of aromatic nitrogens is 1. The number of ether oxygens (including phenoxy) is 1. The number of nitriles is 1. The van der Waals surface area contributed by atoms with E-state index in [0.29, 0.717) is 16.3 Å². The number of benzene rings is 1. The van der Waals surface area contributed by atoms with Crippen LogP contribution in [0.4, 0.5) is 0 Å². The molecule has 0 fully saturated rings. The van der Waals surface area contributed by atoms with Crippen LogP contribution in [0.3, 0.4) is 0 Å². The molecule has 0 aliphatic rings. The van der Waals surface area contributed by atoms with E-state index in [0.717, 1.165) is 0 Å². The third kappa shape index (κ3) is 3.45. The summed E-state index contributed by atoms with van der Waals surface area (Å²) in [4.78, 5) is 16.0. The minimum atomic E-state index is -0.728. The third-order valence-corrected chi connectivity index (χ3v) is 3.35. The molecule has 21 heavy (non-hydrogen) atoms. The van der Waals surface area contributed by atoms with Gasteiger partial charge < -0.3 is 4.74 Å². The molecule has 106 valence electrons. The van der Waals surface area contributed by atoms with Gasteiger partial charge in [0.2, 0.25) is 0 Å². The quantitative estimate of drug-likeness (QED) is 0.598. The van der Waals surface area contributed by atoms with Crippen LogP contribution in [0.2, 0.25) is 15.1 Å². The van der Waals surface area contributed by atoms with Gasteiger partial charge in [0, 0.05) is 5.02 Å². The van der Waals surface area contributed by atoms with Gasteiger partial charge >= 0.3 is 5.97 Å². The van der Waals surface area contributed by atoms with Crippen molar-refractivity contribution in [2.24, 2.45) is 0 Å². The molecule has 0 saturated heterocycles. The van der Waals surface area contributed by atoms with Crippen molar-refractivity contribution in [1.29, 1.82) is 5.26 Å². The number of nitrogens with zero attached hydrogens (tertiary/aromatic N) is 2. The molecular formula is C14H7Cl3N2O2. The van der Waals surface area contributed by atoms with Crippen LogP contribution in [0.25, 0.3) is 0 Å². The first kappa shape index (κ1) is 15.6. The highest BCUT2D eigenvalue weighted by atomic mass is 35.5. The van der Waals surface area contributed by atoms with Crippen LogP contribution in [-0.2, 0) is 0 Å². The monoisotopic (exact) mass is 340 g/mol. The number of aryl methyl sites for hydroxylation is 1. The summed E-state index contributed by atoms with van der Waals surface area (Å²) >= 11 is 17.6. The maximum Gasteiger partial charge on any atom is 0.362 e. The second-order valence-corrected chi connectivity index (χ2v) is 5.28. The van der Waals surface area contributed by atoms with E-state index in [4.69, 9.17) is 44.8 Å². The van der Waals surface area contributed by atoms with Crippen molar-refractivity contribution in [3.05, 3.63) is 56.3 Å². The van der Waals surface area contributed by atoms with Gasteiger partial charge in [-0.25, -0.2) is 9.78 Å². The lowest BCUT2D eigenvalue weighted by Crippen LogP contribution is -2.12. The molecule has 0 aliphatic carbocycles. The molecule has 2 aromatic rings. The van der Waals surface area contributed by atoms with Gasteiger partial charge in [-0.3, -0.25) is 0 Å². The molecule has 0 saturated carbocycles. The number of hydrogen-bond acceptors (Lipinski definition) is 4. The van der Waals surface area contributed by atoms with Crippen molar-refractivity contribution in [1.82, 2.24) is 4.98 Å². The molecule has 0 radical (unpaired) electrons. The van der Waals surface area contributed by atoms with Crippen molar-refractivity contribution in [2.75, 3.05) is 0 Å². The Labute approximate surface area is 135 Å². The van der Waals surface area contributed by atoms with Gasteiger partial charge in [0.05, 0.1) is 21.3 Å². The second-order valence-electron chi connectivity index (χ2n) is 4.03. The van der Waals surface area contributed by atoms with Crippen LogP contribution >= 0.6 is 34.8 Å². The Morgan fingerprint density at radius 3 is 2.38 bits per heavy atom. The predicted molar refractivity (Wildman–Crippen MR) is 80.1 cm³/mol. The van der Waals surface area contributed by atoms with Crippen LogP contribution in [0.1, 0.15) is 21.7 Å². The Morgan fingerprint density at radius 2 is 1.86 bits per heavy atom. The molecule has 4 nitrogen and oxygen atoms in total. The van der Waals surface area contributed by atoms with Crippen molar-refractivity contribution in [2.45, 2.75) is 6.92 Å². The molecule has 1 aromatic carbocycles. The van der Waals surface area contributed by atoms with E-state index in [-0.39, 0.29) is 21.5 Å². The highest BCUT2D eigenvalue weighted by Gasteiger charge is 2.17. The summed E-state index contributed by atoms with van der Waals surface area (Å²) in [7, 11) is 0. The van der Waals surface area contributed by atoms with Gasteiger partial charge in [-0.15, -0.1) is 0 Å². The third-order valence-electron chi connectivity index (χ3n) is 2.57. The van der Waals surface area contributed by atoms with E-state index >= 15 is 0 Å². The molecule has 0 bridgehead atoms. The lowest BCUT2D eigenvalue weighted by atomic mass is 10.2. The fourth-order valence-electron chi connectivity index (χ4n) is 1.56. The molecule has 7 heteroatoms. The summed E-state index contributed by atoms with van der Waals surface area (Å²) in [5, 5.41) is 9.39. The molecule has 1 heterocycles. The van der Waals surface area contributed by atoms with Crippen LogP contribution in [0, 0.1) is 18.3 Å². The first-order valence-electron chi connectivity index (χ1n) is 5.67. The van der Waals surface area contributed by atoms with Crippen molar-refractivity contribution in [3.8, 4) is 11.8 Å². The summed E-state index contributed by atoms with van der Waals surface area (Å²) in [6.07, 6.45) is 0. The van der Waals surface area contributed by atoms with Gasteiger partial charge in [0.25, 0.3) is 0 Å². The Balaban J connectivity index is 2.31. The van der Waals surface area contributed by atoms with Gasteiger partial charge in [-0.2, -0.15) is 5.26 Å². The van der Waals surface area contributed by atoms with E-state index in [9.17, 15) is 4.79 Å². The minimum Gasteiger partial charge on any atom is -0.419 e. The second kappa shape index (κ2) is 6.31. The highest BCUT2D eigenvalue weighted by molar-refractivity contribution is 6.40. The zero-order valence-corrected chi connectivity index (χ0v) is 12.9. The maximum atomic E-state index is 12.0. The first-order chi connectivity index (χ1) is 9.92. The molecule has 0 atom stereocenters. The van der Waals surface area contributed by atoms with E-state index in [1.807, 2.05) is 6.07 Å². The Kier molecular flexibility index (Phi) is 4.69. The van der Waals surface area contributed by atoms with Gasteiger partial charge in [0.1, 0.15) is 11.8 Å². The van der Waals surface area contributed by atoms with Crippen molar-refractivity contribution < 1.29 is 9.53 Å². The van der Waals surface area contributed by atoms with E-state index in [1.165, 1.54) is 24.3 Å². The summed E-state index contributed by atoms with van der Waals surface area (Å²) in [5.74, 6) is -0.717. The standard InChI is InChI=1S/C14H7Cl3N2O2/c1-7-8(6-18)2-3-12(19-7)14(20)21-13-10(16)4-9(15)5-11(13)17/h2-5H,1H3. The molecule has 1 aromatic heterocycles. The van der Waals surface area contributed by atoms with Crippen LogP contribution in [0.5, 0.6) is 5.75 Å². The Bertz CT molecular complexity index is 746. The van der Waals surface area contributed by atoms with Crippen LogP contribution in [-0.4, -0.2) is 11.0 Å². The number of halogens is 3. The fourth-order valence-corrected chi connectivity index (χ4v) is 2.46. The molecule has 2 rings (SSSR count). The predicted octanol–water partition coefficient (Wildman–Crippen LogP) is 4.44. The maximum absolute atomic E-state index is 12.0. The first-order valence-corrected chi connectivity index (χ1v) is 6.80. The normalized spacial score (nSPS) is 10.0. The van der Waals surface area contributed by atoms with Crippen molar-refractivity contribution >= 4 is 40.8 Å². The number of rotatable bonds is 2. The summed E-state index contributed by atoms with van der Waals surface area (Å²) < 4.78 is 5.14. The number of esters is 1. The molecule has 0 spiro atoms. The number of carbonyl (C=O) groups is 1. The summed E-state index contributed by atoms with van der Waals surface area (Å²) in [6, 6.07) is 7.67. The van der Waals surface area contributed by atoms with Crippen LogP contribution < -0.4 is 4.74 Å². The smallest absolute Gasteiger partial charge is 0.362 e. The Hall–Kier alpha value is -1.80. The summed E-state index contributed by atoms with van der Waals surface area (Å²) in [6.45, 7) is 1.62. The topological polar surface area (TPSA) is 63.0 Å². The fraction of sp³-hybridized carbons (Fsp3) is 0.0714. The van der Waals surface area contributed by atoms with Crippen LogP contribution in [0.15, 0.2) is 24.3 Å². The van der Waals surface area contributed by atoms with E-state index in [2.05, 4.69) is 4.98 Å². The lowest BCUT2D eigenvalue weighted by molar-refractivity contribution is 0.0728. The van der Waals surface area contributed by atoms with Gasteiger partial charge in [-0.05, 0) is 31.2 Å². The number of hydrogen-bond donors (Lipinski definition) is 0. The average molecular weight is 342 g/mol. The molecule has 0 aliphatic heterocycles. The minimum absolute atomic E-state index is 0.0107. The molecule has 0 N–H and O–H groups in total. The van der Waals surface area contributed by atoms with Crippen molar-refractivity contribution in [3.63, 3.8) is 0 Å². The van der Waals surface area contributed by atoms with E-state index < -0.39 is 5.97 Å². The number of pyridine rings is 1. The molecular weight excluding hydrogens is 335 g/mol.